The Morgan fingerprint density at radius 1 is 0.967 bits per heavy atom. The van der Waals surface area contributed by atoms with Gasteiger partial charge in [0.15, 0.2) is 0 Å². The molecule has 2 fully saturated rings. The predicted molar refractivity (Wildman–Crippen MR) is 122 cm³/mol. The molecule has 2 saturated heterocycles. The van der Waals surface area contributed by atoms with Crippen molar-refractivity contribution in [3.8, 4) is 0 Å². The van der Waals surface area contributed by atoms with E-state index in [2.05, 4.69) is 65.4 Å². The molecule has 2 aromatic carbocycles. The van der Waals surface area contributed by atoms with Gasteiger partial charge in [-0.1, -0.05) is 61.0 Å². The van der Waals surface area contributed by atoms with Gasteiger partial charge in [-0.25, -0.2) is 0 Å². The minimum atomic E-state index is -0.000257. The van der Waals surface area contributed by atoms with Crippen LogP contribution in [0.5, 0.6) is 0 Å². The van der Waals surface area contributed by atoms with Gasteiger partial charge in [-0.05, 0) is 62.5 Å². The zero-order valence-electron chi connectivity index (χ0n) is 18.5. The normalized spacial score (nSPS) is 22.9. The smallest absolute Gasteiger partial charge is 0.239 e. The molecule has 2 aliphatic rings. The molecular formula is C26H35N3O. The number of carbonyl (C=O) groups is 1. The van der Waals surface area contributed by atoms with E-state index in [4.69, 9.17) is 0 Å². The molecule has 30 heavy (non-hydrogen) atoms. The summed E-state index contributed by atoms with van der Waals surface area (Å²) in [6.45, 7) is 3.70. The third kappa shape index (κ3) is 4.76. The maximum Gasteiger partial charge on any atom is 0.239 e. The number of rotatable bonds is 6. The average Bonchev–Trinajstić information content (AvgIpc) is 3.23. The zero-order valence-corrected chi connectivity index (χ0v) is 18.5. The van der Waals surface area contributed by atoms with Gasteiger partial charge >= 0.3 is 0 Å². The molecule has 0 radical (unpaired) electrons. The Morgan fingerprint density at radius 2 is 1.73 bits per heavy atom. The van der Waals surface area contributed by atoms with Crippen LogP contribution in [0.25, 0.3) is 0 Å². The number of likely N-dealkylation sites (N-methyl/N-ethyl adjacent to an activating group) is 1. The van der Waals surface area contributed by atoms with Crippen molar-refractivity contribution in [3.05, 3.63) is 71.3 Å². The Hall–Kier alpha value is -2.17. The predicted octanol–water partition coefficient (Wildman–Crippen LogP) is 4.47. The second-order valence-electron chi connectivity index (χ2n) is 9.00. The number of nitrogens with zero attached hydrogens (tertiary/aromatic N) is 3. The SMILES string of the molecule is CN(Cc1ccccc1C1CCCCN1C)C(=O)C1CCCN1Cc1ccccc1. The van der Waals surface area contributed by atoms with E-state index >= 15 is 0 Å². The first-order valence-corrected chi connectivity index (χ1v) is 11.4. The average molecular weight is 406 g/mol. The fourth-order valence-electron chi connectivity index (χ4n) is 5.17. The summed E-state index contributed by atoms with van der Waals surface area (Å²) in [6, 6.07) is 19.7. The number of carbonyl (C=O) groups excluding carboxylic acids is 1. The first-order valence-electron chi connectivity index (χ1n) is 11.4. The van der Waals surface area contributed by atoms with Gasteiger partial charge in [0.05, 0.1) is 6.04 Å². The van der Waals surface area contributed by atoms with E-state index in [1.54, 1.807) is 0 Å². The van der Waals surface area contributed by atoms with E-state index < -0.39 is 0 Å². The third-order valence-electron chi connectivity index (χ3n) is 6.85. The van der Waals surface area contributed by atoms with Crippen LogP contribution in [0.15, 0.2) is 54.6 Å². The van der Waals surface area contributed by atoms with Gasteiger partial charge in [-0.2, -0.15) is 0 Å². The number of hydrogen-bond acceptors (Lipinski definition) is 3. The van der Waals surface area contributed by atoms with Crippen molar-refractivity contribution >= 4 is 5.91 Å². The monoisotopic (exact) mass is 405 g/mol. The van der Waals surface area contributed by atoms with E-state index in [1.807, 2.05) is 18.0 Å². The first-order chi connectivity index (χ1) is 14.6. The standard InChI is InChI=1S/C26H35N3O/c1-27-17-9-8-15-24(27)23-14-7-6-13-22(23)20-28(2)26(30)25-16-10-18-29(25)19-21-11-4-3-5-12-21/h3-7,11-14,24-25H,8-10,15-20H2,1-2H3. The van der Waals surface area contributed by atoms with Gasteiger partial charge in [0.1, 0.15) is 0 Å². The summed E-state index contributed by atoms with van der Waals surface area (Å²) < 4.78 is 0. The van der Waals surface area contributed by atoms with Crippen molar-refractivity contribution in [1.29, 1.82) is 0 Å². The molecule has 0 aromatic heterocycles. The summed E-state index contributed by atoms with van der Waals surface area (Å²) in [5.74, 6) is 0.259. The highest BCUT2D eigenvalue weighted by molar-refractivity contribution is 5.82. The molecule has 160 valence electrons. The third-order valence-corrected chi connectivity index (χ3v) is 6.85. The van der Waals surface area contributed by atoms with Gasteiger partial charge in [-0.15, -0.1) is 0 Å². The van der Waals surface area contributed by atoms with Crippen molar-refractivity contribution in [2.45, 2.75) is 57.3 Å². The van der Waals surface area contributed by atoms with Crippen molar-refractivity contribution in [1.82, 2.24) is 14.7 Å². The van der Waals surface area contributed by atoms with Gasteiger partial charge in [0.2, 0.25) is 5.91 Å². The van der Waals surface area contributed by atoms with Crippen LogP contribution in [0, 0.1) is 0 Å². The van der Waals surface area contributed by atoms with Gasteiger partial charge < -0.3 is 4.90 Å². The summed E-state index contributed by atoms with van der Waals surface area (Å²) in [5.41, 5.74) is 3.97. The number of likely N-dealkylation sites (tertiary alicyclic amines) is 2. The summed E-state index contributed by atoms with van der Waals surface area (Å²) in [5, 5.41) is 0. The summed E-state index contributed by atoms with van der Waals surface area (Å²) >= 11 is 0. The molecule has 0 aliphatic carbocycles. The topological polar surface area (TPSA) is 26.8 Å². The fraction of sp³-hybridized carbons (Fsp3) is 0.500. The van der Waals surface area contributed by atoms with E-state index in [0.717, 1.165) is 32.5 Å². The molecule has 2 atom stereocenters. The molecule has 4 nitrogen and oxygen atoms in total. The lowest BCUT2D eigenvalue weighted by molar-refractivity contribution is -0.135. The molecule has 2 unspecified atom stereocenters. The minimum Gasteiger partial charge on any atom is -0.340 e. The molecule has 2 heterocycles. The van der Waals surface area contributed by atoms with Crippen molar-refractivity contribution in [2.75, 3.05) is 27.2 Å². The van der Waals surface area contributed by atoms with Crippen LogP contribution in [0.3, 0.4) is 0 Å². The Bertz CT molecular complexity index is 837. The number of amides is 1. The highest BCUT2D eigenvalue weighted by Gasteiger charge is 2.33. The zero-order chi connectivity index (χ0) is 20.9. The highest BCUT2D eigenvalue weighted by Crippen LogP contribution is 2.32. The molecule has 4 heteroatoms. The fourth-order valence-corrected chi connectivity index (χ4v) is 5.17. The molecule has 0 spiro atoms. The largest absolute Gasteiger partial charge is 0.340 e. The van der Waals surface area contributed by atoms with Gasteiger partial charge in [0.25, 0.3) is 0 Å². The van der Waals surface area contributed by atoms with E-state index in [0.29, 0.717) is 12.6 Å². The number of benzene rings is 2. The quantitative estimate of drug-likeness (QED) is 0.710. The highest BCUT2D eigenvalue weighted by atomic mass is 16.2. The van der Waals surface area contributed by atoms with Crippen LogP contribution >= 0.6 is 0 Å². The second kappa shape index (κ2) is 9.76. The van der Waals surface area contributed by atoms with Gasteiger partial charge in [-0.3, -0.25) is 14.6 Å². The molecule has 2 aromatic rings. The maximum atomic E-state index is 13.4. The second-order valence-corrected chi connectivity index (χ2v) is 9.00. The lowest BCUT2D eigenvalue weighted by atomic mass is 9.92. The van der Waals surface area contributed by atoms with Crippen molar-refractivity contribution in [2.24, 2.45) is 0 Å². The molecule has 0 bridgehead atoms. The molecule has 0 saturated carbocycles. The number of hydrogen-bond donors (Lipinski definition) is 0. The van der Waals surface area contributed by atoms with E-state index in [1.165, 1.54) is 36.0 Å². The lowest BCUT2D eigenvalue weighted by Gasteiger charge is -2.35. The first kappa shape index (κ1) is 21.1. The molecule has 1 amide bonds. The van der Waals surface area contributed by atoms with Crippen LogP contribution in [-0.2, 0) is 17.9 Å². The van der Waals surface area contributed by atoms with E-state index in [9.17, 15) is 4.79 Å². The van der Waals surface area contributed by atoms with Crippen LogP contribution in [0.2, 0.25) is 0 Å². The Balaban J connectivity index is 1.45. The van der Waals surface area contributed by atoms with Crippen LogP contribution in [0.1, 0.15) is 54.8 Å². The minimum absolute atomic E-state index is 0.000257. The molecular weight excluding hydrogens is 370 g/mol. The van der Waals surface area contributed by atoms with Gasteiger partial charge in [0, 0.05) is 26.2 Å². The van der Waals surface area contributed by atoms with Crippen molar-refractivity contribution < 1.29 is 4.79 Å². The molecule has 2 aliphatic heterocycles. The van der Waals surface area contributed by atoms with E-state index in [-0.39, 0.29) is 11.9 Å². The Morgan fingerprint density at radius 3 is 2.53 bits per heavy atom. The Labute approximate surface area is 181 Å². The lowest BCUT2D eigenvalue weighted by Crippen LogP contribution is -2.43. The van der Waals surface area contributed by atoms with Crippen molar-refractivity contribution in [3.63, 3.8) is 0 Å². The Kier molecular flexibility index (Phi) is 6.86. The summed E-state index contributed by atoms with van der Waals surface area (Å²) in [4.78, 5) is 20.2. The molecule has 0 N–H and O–H groups in total. The molecule has 4 rings (SSSR count). The maximum absolute atomic E-state index is 13.4. The van der Waals surface area contributed by atoms with Crippen LogP contribution in [-0.4, -0.2) is 53.8 Å². The summed E-state index contributed by atoms with van der Waals surface area (Å²) in [7, 11) is 4.21. The number of piperidine rings is 1. The van der Waals surface area contributed by atoms with Crippen LogP contribution in [0.4, 0.5) is 0 Å². The summed E-state index contributed by atoms with van der Waals surface area (Å²) in [6.07, 6.45) is 5.84. The van der Waals surface area contributed by atoms with Crippen LogP contribution < -0.4 is 0 Å².